The normalized spacial score (nSPS) is 13.2. The molecular formula is C51H36N2. The Morgan fingerprint density at radius 2 is 1.04 bits per heavy atom. The van der Waals surface area contributed by atoms with E-state index in [9.17, 15) is 0 Å². The lowest BCUT2D eigenvalue weighted by Gasteiger charge is -2.28. The summed E-state index contributed by atoms with van der Waals surface area (Å²) in [5, 5.41) is 10.3. The SMILES string of the molecule is CC1(C)c2ccccc2-c2ccc(N(c3ccccc3)c3ccc(-n4c5ccccc5c5c6c7ccccc7ccc6c6ccccc6c54)cc3)cc21. The molecule has 0 N–H and O–H groups in total. The predicted molar refractivity (Wildman–Crippen MR) is 226 cm³/mol. The fourth-order valence-electron chi connectivity index (χ4n) is 9.31. The van der Waals surface area contributed by atoms with E-state index < -0.39 is 0 Å². The highest BCUT2D eigenvalue weighted by Gasteiger charge is 2.35. The summed E-state index contributed by atoms with van der Waals surface area (Å²) in [6, 6.07) is 67.0. The molecule has 1 heterocycles. The van der Waals surface area contributed by atoms with Crippen molar-refractivity contribution in [2.75, 3.05) is 4.90 Å². The van der Waals surface area contributed by atoms with E-state index in [1.165, 1.54) is 76.4 Å². The molecule has 0 aliphatic heterocycles. The van der Waals surface area contributed by atoms with Crippen molar-refractivity contribution in [3.63, 3.8) is 0 Å². The fraction of sp³-hybridized carbons (Fsp3) is 0.0588. The van der Waals surface area contributed by atoms with Gasteiger partial charge >= 0.3 is 0 Å². The second kappa shape index (κ2) is 11.2. The maximum absolute atomic E-state index is 2.49. The van der Waals surface area contributed by atoms with Gasteiger partial charge in [0.05, 0.1) is 11.0 Å². The van der Waals surface area contributed by atoms with Crippen molar-refractivity contribution < 1.29 is 0 Å². The van der Waals surface area contributed by atoms with Crippen LogP contribution in [0.1, 0.15) is 25.0 Å². The summed E-state index contributed by atoms with van der Waals surface area (Å²) < 4.78 is 2.49. The summed E-state index contributed by atoms with van der Waals surface area (Å²) in [4.78, 5) is 2.39. The Bertz CT molecular complexity index is 3080. The third kappa shape index (κ3) is 4.27. The van der Waals surface area contributed by atoms with Crippen LogP contribution in [0.3, 0.4) is 0 Å². The van der Waals surface area contributed by atoms with Crippen LogP contribution in [-0.2, 0) is 5.41 Å². The van der Waals surface area contributed by atoms with Gasteiger partial charge in [0.15, 0.2) is 0 Å². The zero-order chi connectivity index (χ0) is 35.3. The monoisotopic (exact) mass is 676 g/mol. The Balaban J connectivity index is 1.14. The van der Waals surface area contributed by atoms with Crippen LogP contribution in [0, 0.1) is 0 Å². The zero-order valence-corrected chi connectivity index (χ0v) is 29.7. The van der Waals surface area contributed by atoms with Crippen molar-refractivity contribution in [1.29, 1.82) is 0 Å². The molecule has 0 amide bonds. The van der Waals surface area contributed by atoms with Gasteiger partial charge in [-0.05, 0) is 98.4 Å². The largest absolute Gasteiger partial charge is 0.310 e. The first-order chi connectivity index (χ1) is 26.1. The molecule has 0 fully saturated rings. The molecule has 250 valence electrons. The topological polar surface area (TPSA) is 8.17 Å². The van der Waals surface area contributed by atoms with E-state index in [1.54, 1.807) is 0 Å². The third-order valence-corrected chi connectivity index (χ3v) is 11.7. The van der Waals surface area contributed by atoms with Crippen LogP contribution >= 0.6 is 0 Å². The smallest absolute Gasteiger partial charge is 0.0626 e. The molecular weight excluding hydrogens is 641 g/mol. The van der Waals surface area contributed by atoms with Crippen LogP contribution in [0.25, 0.3) is 70.9 Å². The second-order valence-electron chi connectivity index (χ2n) is 14.9. The molecule has 2 heteroatoms. The Kier molecular flexibility index (Phi) is 6.33. The van der Waals surface area contributed by atoms with Gasteiger partial charge in [0.2, 0.25) is 0 Å². The van der Waals surface area contributed by atoms with Crippen LogP contribution in [-0.4, -0.2) is 4.57 Å². The van der Waals surface area contributed by atoms with Gasteiger partial charge in [-0.25, -0.2) is 0 Å². The highest BCUT2D eigenvalue weighted by molar-refractivity contribution is 6.36. The second-order valence-corrected chi connectivity index (χ2v) is 14.9. The van der Waals surface area contributed by atoms with E-state index in [1.807, 2.05) is 0 Å². The number of hydrogen-bond acceptors (Lipinski definition) is 1. The van der Waals surface area contributed by atoms with Crippen LogP contribution in [0.5, 0.6) is 0 Å². The van der Waals surface area contributed by atoms with Crippen LogP contribution < -0.4 is 4.90 Å². The summed E-state index contributed by atoms with van der Waals surface area (Å²) in [7, 11) is 0. The van der Waals surface area contributed by atoms with Gasteiger partial charge in [-0.2, -0.15) is 0 Å². The minimum atomic E-state index is -0.0804. The number of para-hydroxylation sites is 2. The number of hydrogen-bond donors (Lipinski definition) is 0. The Labute approximate surface area is 308 Å². The maximum atomic E-state index is 2.49. The van der Waals surface area contributed by atoms with Crippen LogP contribution in [0.4, 0.5) is 17.1 Å². The average molecular weight is 677 g/mol. The molecule has 0 saturated heterocycles. The number of rotatable bonds is 4. The Morgan fingerprint density at radius 1 is 0.415 bits per heavy atom. The van der Waals surface area contributed by atoms with E-state index in [-0.39, 0.29) is 5.41 Å². The van der Waals surface area contributed by atoms with Crippen LogP contribution in [0.2, 0.25) is 0 Å². The Morgan fingerprint density at radius 3 is 1.87 bits per heavy atom. The van der Waals surface area contributed by atoms with Crippen molar-refractivity contribution >= 4 is 71.2 Å². The predicted octanol–water partition coefficient (Wildman–Crippen LogP) is 14.0. The molecule has 0 saturated carbocycles. The van der Waals surface area contributed by atoms with E-state index >= 15 is 0 Å². The summed E-state index contributed by atoms with van der Waals surface area (Å²) >= 11 is 0. The van der Waals surface area contributed by atoms with E-state index in [4.69, 9.17) is 0 Å². The molecule has 9 aromatic carbocycles. The van der Waals surface area contributed by atoms with E-state index in [0.29, 0.717) is 0 Å². The standard InChI is InChI=1S/C51H36N2/c1-51(2)45-22-12-10-19-40(45)41-31-29-37(32-46(41)51)52(34-15-4-3-5-16-34)35-25-27-36(28-26-35)53-47-23-13-11-21-44(47)49-48-38-17-7-6-14-33(38)24-30-42(48)39-18-8-9-20-43(39)50(49)53/h3-32H,1-2H3. The summed E-state index contributed by atoms with van der Waals surface area (Å²) in [6.45, 7) is 4.70. The van der Waals surface area contributed by atoms with E-state index in [2.05, 4.69) is 205 Å². The van der Waals surface area contributed by atoms with Crippen molar-refractivity contribution in [2.45, 2.75) is 19.3 Å². The molecule has 0 spiro atoms. The lowest BCUT2D eigenvalue weighted by atomic mass is 9.82. The summed E-state index contributed by atoms with van der Waals surface area (Å²) in [5.74, 6) is 0. The third-order valence-electron chi connectivity index (χ3n) is 11.7. The highest BCUT2D eigenvalue weighted by Crippen LogP contribution is 2.51. The minimum absolute atomic E-state index is 0.0804. The molecule has 11 rings (SSSR count). The quantitative estimate of drug-likeness (QED) is 0.168. The maximum Gasteiger partial charge on any atom is 0.0626 e. The first-order valence-corrected chi connectivity index (χ1v) is 18.5. The van der Waals surface area contributed by atoms with Crippen LogP contribution in [0.15, 0.2) is 182 Å². The number of benzene rings is 9. The zero-order valence-electron chi connectivity index (χ0n) is 29.7. The molecule has 1 aliphatic rings. The number of aromatic nitrogens is 1. The van der Waals surface area contributed by atoms with Gasteiger partial charge in [0.25, 0.3) is 0 Å². The van der Waals surface area contributed by atoms with E-state index in [0.717, 1.165) is 22.7 Å². The Hall–Kier alpha value is -6.64. The summed E-state index contributed by atoms with van der Waals surface area (Å²) in [6.07, 6.45) is 0. The molecule has 10 aromatic rings. The van der Waals surface area contributed by atoms with Gasteiger partial charge in [-0.15, -0.1) is 0 Å². The average Bonchev–Trinajstić information content (AvgIpc) is 3.68. The van der Waals surface area contributed by atoms with Gasteiger partial charge in [-0.3, -0.25) is 0 Å². The van der Waals surface area contributed by atoms with Gasteiger partial charge in [0, 0.05) is 49.7 Å². The number of anilines is 3. The molecule has 0 bridgehead atoms. The van der Waals surface area contributed by atoms with Gasteiger partial charge < -0.3 is 9.47 Å². The van der Waals surface area contributed by atoms with Crippen molar-refractivity contribution in [2.24, 2.45) is 0 Å². The van der Waals surface area contributed by atoms with Gasteiger partial charge in [-0.1, -0.05) is 141 Å². The minimum Gasteiger partial charge on any atom is -0.310 e. The first-order valence-electron chi connectivity index (χ1n) is 18.5. The number of nitrogens with zero attached hydrogens (tertiary/aromatic N) is 2. The molecule has 0 atom stereocenters. The lowest BCUT2D eigenvalue weighted by Crippen LogP contribution is -2.16. The lowest BCUT2D eigenvalue weighted by molar-refractivity contribution is 0.660. The molecule has 2 nitrogen and oxygen atoms in total. The molecule has 53 heavy (non-hydrogen) atoms. The van der Waals surface area contributed by atoms with Crippen molar-refractivity contribution in [3.05, 3.63) is 193 Å². The molecule has 1 aliphatic carbocycles. The van der Waals surface area contributed by atoms with Crippen molar-refractivity contribution in [3.8, 4) is 16.8 Å². The summed E-state index contributed by atoms with van der Waals surface area (Å²) in [5.41, 5.74) is 12.4. The first kappa shape index (κ1) is 30.0. The molecule has 0 unspecified atom stereocenters. The van der Waals surface area contributed by atoms with Gasteiger partial charge in [0.1, 0.15) is 0 Å². The van der Waals surface area contributed by atoms with Crippen molar-refractivity contribution in [1.82, 2.24) is 4.57 Å². The molecule has 0 radical (unpaired) electrons. The molecule has 1 aromatic heterocycles. The number of fused-ring (bicyclic) bond motifs is 13. The highest BCUT2D eigenvalue weighted by atomic mass is 15.1. The fourth-order valence-corrected chi connectivity index (χ4v) is 9.31.